The molecule has 2 rings (SSSR count). The van der Waals surface area contributed by atoms with Gasteiger partial charge in [0.2, 0.25) is 0 Å². The van der Waals surface area contributed by atoms with E-state index in [9.17, 15) is 0 Å². The van der Waals surface area contributed by atoms with Crippen molar-refractivity contribution in [2.75, 3.05) is 0 Å². The molecule has 0 saturated carbocycles. The Bertz CT molecular complexity index is 599. The van der Waals surface area contributed by atoms with Crippen molar-refractivity contribution < 1.29 is 4.74 Å². The molecule has 0 atom stereocenters. The number of ether oxygens (including phenoxy) is 1. The lowest BCUT2D eigenvalue weighted by Crippen LogP contribution is -2.21. The summed E-state index contributed by atoms with van der Waals surface area (Å²) in [5.41, 5.74) is 3.03. The predicted octanol–water partition coefficient (Wildman–Crippen LogP) is 4.12. The lowest BCUT2D eigenvalue weighted by Gasteiger charge is -2.11. The summed E-state index contributed by atoms with van der Waals surface area (Å²) >= 11 is 6.27. The van der Waals surface area contributed by atoms with E-state index < -0.39 is 0 Å². The van der Waals surface area contributed by atoms with Gasteiger partial charge < -0.3 is 10.1 Å². The van der Waals surface area contributed by atoms with Crippen LogP contribution in [0.4, 0.5) is 0 Å². The highest BCUT2D eigenvalue weighted by molar-refractivity contribution is 6.32. The molecule has 0 bridgehead atoms. The number of halogens is 1. The maximum atomic E-state index is 6.27. The van der Waals surface area contributed by atoms with E-state index >= 15 is 0 Å². The van der Waals surface area contributed by atoms with Crippen LogP contribution in [0.25, 0.3) is 0 Å². The Balaban J connectivity index is 1.97. The summed E-state index contributed by atoms with van der Waals surface area (Å²) < 4.78 is 5.74. The largest absolute Gasteiger partial charge is 0.486 e. The number of aryl methyl sites for hydroxylation is 1. The molecule has 21 heavy (non-hydrogen) atoms. The first kappa shape index (κ1) is 15.8. The van der Waals surface area contributed by atoms with Gasteiger partial charge in [-0.05, 0) is 36.8 Å². The molecule has 1 aromatic heterocycles. The Morgan fingerprint density at radius 3 is 2.71 bits per heavy atom. The van der Waals surface area contributed by atoms with Crippen LogP contribution in [0.2, 0.25) is 5.02 Å². The van der Waals surface area contributed by atoms with Gasteiger partial charge in [-0.25, -0.2) is 0 Å². The number of hydrogen-bond acceptors (Lipinski definition) is 3. The van der Waals surface area contributed by atoms with Gasteiger partial charge >= 0.3 is 0 Å². The second-order valence-corrected chi connectivity index (χ2v) is 5.77. The molecule has 0 aliphatic carbocycles. The van der Waals surface area contributed by atoms with Gasteiger partial charge in [0.15, 0.2) is 0 Å². The molecule has 1 N–H and O–H groups in total. The Hall–Kier alpha value is -1.58. The van der Waals surface area contributed by atoms with E-state index in [0.717, 1.165) is 23.5 Å². The van der Waals surface area contributed by atoms with Crippen LogP contribution in [-0.4, -0.2) is 11.0 Å². The normalized spacial score (nSPS) is 10.9. The molecule has 1 aromatic carbocycles. The summed E-state index contributed by atoms with van der Waals surface area (Å²) in [6, 6.07) is 12.2. The first-order chi connectivity index (χ1) is 10.0. The highest BCUT2D eigenvalue weighted by Gasteiger charge is 2.05. The van der Waals surface area contributed by atoms with Gasteiger partial charge in [-0.2, -0.15) is 0 Å². The third-order valence-electron chi connectivity index (χ3n) is 3.03. The molecular weight excluding hydrogens is 284 g/mol. The molecule has 2 aromatic rings. The van der Waals surface area contributed by atoms with E-state index in [1.54, 1.807) is 0 Å². The maximum absolute atomic E-state index is 6.27. The van der Waals surface area contributed by atoms with Gasteiger partial charge in [-0.1, -0.05) is 37.6 Å². The maximum Gasteiger partial charge on any atom is 0.138 e. The summed E-state index contributed by atoms with van der Waals surface area (Å²) in [5, 5.41) is 3.99. The van der Waals surface area contributed by atoms with Crippen LogP contribution in [0, 0.1) is 6.92 Å². The average Bonchev–Trinajstić information content (AvgIpc) is 2.44. The van der Waals surface area contributed by atoms with Gasteiger partial charge in [0, 0.05) is 18.3 Å². The average molecular weight is 305 g/mol. The smallest absolute Gasteiger partial charge is 0.138 e. The van der Waals surface area contributed by atoms with Gasteiger partial charge in [0.25, 0.3) is 0 Å². The number of nitrogens with zero attached hydrogens (tertiary/aromatic N) is 1. The van der Waals surface area contributed by atoms with Gasteiger partial charge in [-0.15, -0.1) is 0 Å². The Kier molecular flexibility index (Phi) is 5.59. The van der Waals surface area contributed by atoms with Crippen LogP contribution >= 0.6 is 11.6 Å². The predicted molar refractivity (Wildman–Crippen MR) is 86.7 cm³/mol. The first-order valence-corrected chi connectivity index (χ1v) is 7.49. The molecule has 112 valence electrons. The summed E-state index contributed by atoms with van der Waals surface area (Å²) in [6.07, 6.45) is 0. The zero-order valence-corrected chi connectivity index (χ0v) is 13.4. The lowest BCUT2D eigenvalue weighted by molar-refractivity contribution is 0.301. The summed E-state index contributed by atoms with van der Waals surface area (Å²) in [7, 11) is 0. The minimum absolute atomic E-state index is 0.422. The second-order valence-electron chi connectivity index (χ2n) is 5.36. The van der Waals surface area contributed by atoms with Crippen molar-refractivity contribution in [1.29, 1.82) is 0 Å². The van der Waals surface area contributed by atoms with E-state index in [1.165, 1.54) is 0 Å². The number of hydrogen-bond donors (Lipinski definition) is 1. The van der Waals surface area contributed by atoms with Crippen LogP contribution in [0.1, 0.15) is 30.8 Å². The summed E-state index contributed by atoms with van der Waals surface area (Å²) in [5.74, 6) is 0.688. The van der Waals surface area contributed by atoms with Crippen molar-refractivity contribution in [2.24, 2.45) is 0 Å². The molecule has 0 fully saturated rings. The third kappa shape index (κ3) is 5.03. The fourth-order valence-corrected chi connectivity index (χ4v) is 2.18. The van der Waals surface area contributed by atoms with E-state index in [0.29, 0.717) is 23.4 Å². The van der Waals surface area contributed by atoms with E-state index in [2.05, 4.69) is 24.1 Å². The van der Waals surface area contributed by atoms with Gasteiger partial charge in [-0.3, -0.25) is 4.98 Å². The highest BCUT2D eigenvalue weighted by atomic mass is 35.5. The number of benzene rings is 1. The summed E-state index contributed by atoms with van der Waals surface area (Å²) in [4.78, 5) is 4.41. The minimum Gasteiger partial charge on any atom is -0.486 e. The number of pyridine rings is 1. The first-order valence-electron chi connectivity index (χ1n) is 7.12. The molecule has 0 aliphatic rings. The van der Waals surface area contributed by atoms with Crippen LogP contribution in [-0.2, 0) is 13.2 Å². The third-order valence-corrected chi connectivity index (χ3v) is 3.33. The van der Waals surface area contributed by atoms with Crippen molar-refractivity contribution in [3.8, 4) is 5.75 Å². The van der Waals surface area contributed by atoms with E-state index in [4.69, 9.17) is 16.3 Å². The van der Waals surface area contributed by atoms with Gasteiger partial charge in [0.05, 0.1) is 10.7 Å². The molecule has 3 nitrogen and oxygen atoms in total. The standard InChI is InChI=1S/C17H21ClN2O/c1-12(2)19-10-14-7-8-17(16(18)9-14)21-11-15-6-4-5-13(3)20-15/h4-9,12,19H,10-11H2,1-3H3. The zero-order chi connectivity index (χ0) is 15.2. The van der Waals surface area contributed by atoms with Gasteiger partial charge in [0.1, 0.15) is 12.4 Å². The SMILES string of the molecule is Cc1cccc(COc2ccc(CNC(C)C)cc2Cl)n1. The van der Waals surface area contributed by atoms with Crippen LogP contribution in [0.5, 0.6) is 5.75 Å². The molecule has 0 amide bonds. The quantitative estimate of drug-likeness (QED) is 0.871. The topological polar surface area (TPSA) is 34.1 Å². The molecule has 0 aliphatic heterocycles. The Labute approximate surface area is 131 Å². The van der Waals surface area contributed by atoms with Crippen molar-refractivity contribution in [1.82, 2.24) is 10.3 Å². The van der Waals surface area contributed by atoms with Crippen molar-refractivity contribution in [3.05, 3.63) is 58.4 Å². The van der Waals surface area contributed by atoms with E-state index in [1.807, 2.05) is 43.3 Å². The van der Waals surface area contributed by atoms with Crippen LogP contribution in [0.3, 0.4) is 0 Å². The van der Waals surface area contributed by atoms with Crippen molar-refractivity contribution >= 4 is 11.6 Å². The molecule has 4 heteroatoms. The van der Waals surface area contributed by atoms with Crippen molar-refractivity contribution in [3.63, 3.8) is 0 Å². The minimum atomic E-state index is 0.422. The second kappa shape index (κ2) is 7.43. The summed E-state index contributed by atoms with van der Waals surface area (Å²) in [6.45, 7) is 7.43. The number of nitrogens with one attached hydrogen (secondary N) is 1. The van der Waals surface area contributed by atoms with Crippen LogP contribution < -0.4 is 10.1 Å². The molecule has 0 radical (unpaired) electrons. The molecular formula is C17H21ClN2O. The molecule has 0 unspecified atom stereocenters. The van der Waals surface area contributed by atoms with E-state index in [-0.39, 0.29) is 0 Å². The molecule has 0 saturated heterocycles. The fourth-order valence-electron chi connectivity index (χ4n) is 1.92. The lowest BCUT2D eigenvalue weighted by atomic mass is 10.2. The fraction of sp³-hybridized carbons (Fsp3) is 0.353. The Morgan fingerprint density at radius 2 is 2.05 bits per heavy atom. The Morgan fingerprint density at radius 1 is 1.24 bits per heavy atom. The molecule has 0 spiro atoms. The highest BCUT2D eigenvalue weighted by Crippen LogP contribution is 2.26. The monoisotopic (exact) mass is 304 g/mol. The van der Waals surface area contributed by atoms with Crippen molar-refractivity contribution in [2.45, 2.75) is 40.0 Å². The van der Waals surface area contributed by atoms with Crippen LogP contribution in [0.15, 0.2) is 36.4 Å². The zero-order valence-electron chi connectivity index (χ0n) is 12.7. The number of rotatable bonds is 6. The number of aromatic nitrogens is 1. The molecule has 1 heterocycles.